The van der Waals surface area contributed by atoms with Crippen LogP contribution in [-0.4, -0.2) is 20.5 Å². The van der Waals surface area contributed by atoms with Gasteiger partial charge in [-0.1, -0.05) is 6.07 Å². The minimum absolute atomic E-state index is 0.0644. The lowest BCUT2D eigenvalue weighted by molar-refractivity contribution is -0.115. The Morgan fingerprint density at radius 2 is 2.42 bits per heavy atom. The second kappa shape index (κ2) is 5.10. The largest absolute Gasteiger partial charge is 0.323 e. The molecule has 0 aliphatic carbocycles. The summed E-state index contributed by atoms with van der Waals surface area (Å²) in [5.74, 6) is -0.0644. The van der Waals surface area contributed by atoms with E-state index in [-0.39, 0.29) is 5.91 Å². The average molecular weight is 337 g/mol. The van der Waals surface area contributed by atoms with Crippen molar-refractivity contribution in [2.75, 3.05) is 5.32 Å². The van der Waals surface area contributed by atoms with Gasteiger partial charge in [-0.15, -0.1) is 21.5 Å². The number of halogens is 1. The highest BCUT2D eigenvalue weighted by Gasteiger charge is 2.10. The van der Waals surface area contributed by atoms with Gasteiger partial charge in [0.2, 0.25) is 5.91 Å². The fraction of sp³-hybridized carbons (Fsp3) is 0.0833. The molecule has 0 aromatic carbocycles. The molecule has 5 nitrogen and oxygen atoms in total. The Morgan fingerprint density at radius 3 is 3.21 bits per heavy atom. The van der Waals surface area contributed by atoms with Crippen LogP contribution in [0.3, 0.4) is 0 Å². The SMILES string of the molecule is O=C(Cc1cccs1)Nc1cc(Br)cn2cnnc12. The van der Waals surface area contributed by atoms with E-state index in [0.717, 1.165) is 9.35 Å². The molecule has 0 aliphatic rings. The molecule has 3 aromatic rings. The lowest BCUT2D eigenvalue weighted by Crippen LogP contribution is -2.14. The smallest absolute Gasteiger partial charge is 0.229 e. The fourth-order valence-corrected chi connectivity index (χ4v) is 2.91. The summed E-state index contributed by atoms with van der Waals surface area (Å²) in [5.41, 5.74) is 1.27. The molecular formula is C12H9BrN4OS. The maximum absolute atomic E-state index is 12.0. The first-order valence-corrected chi connectivity index (χ1v) is 7.21. The first-order chi connectivity index (χ1) is 9.22. The Bertz CT molecular complexity index is 722. The summed E-state index contributed by atoms with van der Waals surface area (Å²) in [5, 5.41) is 12.6. The van der Waals surface area contributed by atoms with Crippen LogP contribution in [0.15, 0.2) is 40.6 Å². The Labute approximate surface area is 121 Å². The van der Waals surface area contributed by atoms with Crippen molar-refractivity contribution in [3.8, 4) is 0 Å². The highest BCUT2D eigenvalue weighted by molar-refractivity contribution is 9.10. The van der Waals surface area contributed by atoms with Gasteiger partial charge >= 0.3 is 0 Å². The maximum Gasteiger partial charge on any atom is 0.229 e. The third kappa shape index (κ3) is 2.66. The van der Waals surface area contributed by atoms with Gasteiger partial charge in [-0.05, 0) is 33.4 Å². The van der Waals surface area contributed by atoms with Crippen LogP contribution in [-0.2, 0) is 11.2 Å². The highest BCUT2D eigenvalue weighted by atomic mass is 79.9. The number of aromatic nitrogens is 3. The zero-order valence-corrected chi connectivity index (χ0v) is 12.1. The zero-order chi connectivity index (χ0) is 13.2. The molecule has 3 heterocycles. The highest BCUT2D eigenvalue weighted by Crippen LogP contribution is 2.21. The van der Waals surface area contributed by atoms with Crippen molar-refractivity contribution in [2.45, 2.75) is 6.42 Å². The van der Waals surface area contributed by atoms with Crippen LogP contribution in [0.2, 0.25) is 0 Å². The van der Waals surface area contributed by atoms with Crippen LogP contribution >= 0.6 is 27.3 Å². The summed E-state index contributed by atoms with van der Waals surface area (Å²) < 4.78 is 2.61. The number of anilines is 1. The van der Waals surface area contributed by atoms with Gasteiger partial charge in [-0.3, -0.25) is 9.20 Å². The minimum atomic E-state index is -0.0644. The molecule has 0 unspecified atom stereocenters. The second-order valence-corrected chi connectivity index (χ2v) is 5.89. The Kier molecular flexibility index (Phi) is 3.31. The number of carbonyl (C=O) groups excluding carboxylic acids is 1. The van der Waals surface area contributed by atoms with Gasteiger partial charge < -0.3 is 5.32 Å². The second-order valence-electron chi connectivity index (χ2n) is 3.94. The van der Waals surface area contributed by atoms with Gasteiger partial charge in [0.05, 0.1) is 12.1 Å². The third-order valence-corrected chi connectivity index (χ3v) is 3.86. The standard InChI is InChI=1S/C12H9BrN4OS/c13-8-4-10(12-16-14-7-17(12)6-8)15-11(18)5-9-2-1-3-19-9/h1-4,6-7H,5H2,(H,15,18). The molecule has 19 heavy (non-hydrogen) atoms. The molecule has 1 amide bonds. The Hall–Kier alpha value is -1.73. The lowest BCUT2D eigenvalue weighted by Gasteiger charge is -2.06. The first kappa shape index (κ1) is 12.3. The van der Waals surface area contributed by atoms with Crippen LogP contribution in [0, 0.1) is 0 Å². The summed E-state index contributed by atoms with van der Waals surface area (Å²) in [7, 11) is 0. The van der Waals surface area contributed by atoms with Crippen LogP contribution in [0.5, 0.6) is 0 Å². The molecule has 0 bridgehead atoms. The van der Waals surface area contributed by atoms with Crippen molar-refractivity contribution >= 4 is 44.5 Å². The number of thiophene rings is 1. The van der Waals surface area contributed by atoms with E-state index >= 15 is 0 Å². The number of nitrogens with one attached hydrogen (secondary N) is 1. The number of amides is 1. The van der Waals surface area contributed by atoms with E-state index in [2.05, 4.69) is 31.4 Å². The van der Waals surface area contributed by atoms with Crippen molar-refractivity contribution in [1.29, 1.82) is 0 Å². The van der Waals surface area contributed by atoms with E-state index in [1.165, 1.54) is 0 Å². The molecule has 0 radical (unpaired) electrons. The van der Waals surface area contributed by atoms with Crippen molar-refractivity contribution in [3.05, 3.63) is 45.5 Å². The van der Waals surface area contributed by atoms with E-state index in [9.17, 15) is 4.79 Å². The van der Waals surface area contributed by atoms with E-state index in [1.54, 1.807) is 22.1 Å². The van der Waals surface area contributed by atoms with E-state index in [0.29, 0.717) is 17.8 Å². The van der Waals surface area contributed by atoms with Crippen molar-refractivity contribution in [3.63, 3.8) is 0 Å². The first-order valence-electron chi connectivity index (χ1n) is 5.53. The zero-order valence-electron chi connectivity index (χ0n) is 9.71. The summed E-state index contributed by atoms with van der Waals surface area (Å²) in [6.45, 7) is 0. The number of hydrogen-bond acceptors (Lipinski definition) is 4. The van der Waals surface area contributed by atoms with Crippen LogP contribution in [0.4, 0.5) is 5.69 Å². The Morgan fingerprint density at radius 1 is 1.53 bits per heavy atom. The molecule has 0 spiro atoms. The fourth-order valence-electron chi connectivity index (χ4n) is 1.76. The maximum atomic E-state index is 12.0. The van der Waals surface area contributed by atoms with Gasteiger partial charge in [-0.2, -0.15) is 0 Å². The molecule has 0 fully saturated rings. The van der Waals surface area contributed by atoms with Crippen molar-refractivity contribution in [2.24, 2.45) is 0 Å². The number of pyridine rings is 1. The number of carbonyl (C=O) groups is 1. The van der Waals surface area contributed by atoms with Gasteiger partial charge in [0.25, 0.3) is 0 Å². The molecule has 3 rings (SSSR count). The van der Waals surface area contributed by atoms with Crippen LogP contribution in [0.25, 0.3) is 5.65 Å². The van der Waals surface area contributed by atoms with Crippen molar-refractivity contribution < 1.29 is 4.79 Å². The summed E-state index contributed by atoms with van der Waals surface area (Å²) in [6, 6.07) is 5.69. The third-order valence-electron chi connectivity index (χ3n) is 2.55. The molecule has 0 aliphatic heterocycles. The van der Waals surface area contributed by atoms with Gasteiger partial charge in [0, 0.05) is 15.5 Å². The minimum Gasteiger partial charge on any atom is -0.323 e. The quantitative estimate of drug-likeness (QED) is 0.799. The average Bonchev–Trinajstić information content (AvgIpc) is 2.99. The molecule has 0 saturated heterocycles. The Balaban J connectivity index is 1.84. The molecule has 7 heteroatoms. The van der Waals surface area contributed by atoms with E-state index < -0.39 is 0 Å². The van der Waals surface area contributed by atoms with Gasteiger partial charge in [-0.25, -0.2) is 0 Å². The van der Waals surface area contributed by atoms with Gasteiger partial charge in [0.1, 0.15) is 6.33 Å². The predicted molar refractivity (Wildman–Crippen MR) is 77.3 cm³/mol. The molecule has 3 aromatic heterocycles. The normalized spacial score (nSPS) is 10.8. The summed E-state index contributed by atoms with van der Waals surface area (Å²) >= 11 is 4.96. The lowest BCUT2D eigenvalue weighted by atomic mass is 10.3. The topological polar surface area (TPSA) is 59.3 Å². The number of fused-ring (bicyclic) bond motifs is 1. The monoisotopic (exact) mass is 336 g/mol. The number of nitrogens with zero attached hydrogens (tertiary/aromatic N) is 3. The summed E-state index contributed by atoms with van der Waals surface area (Å²) in [6.07, 6.45) is 3.80. The molecule has 96 valence electrons. The molecule has 0 atom stereocenters. The van der Waals surface area contributed by atoms with Gasteiger partial charge in [0.15, 0.2) is 5.65 Å². The number of rotatable bonds is 3. The predicted octanol–water partition coefficient (Wildman–Crippen LogP) is 2.73. The van der Waals surface area contributed by atoms with Crippen molar-refractivity contribution in [1.82, 2.24) is 14.6 Å². The molecular weight excluding hydrogens is 328 g/mol. The molecule has 1 N–H and O–H groups in total. The van der Waals surface area contributed by atoms with E-state index in [1.807, 2.05) is 29.8 Å². The number of hydrogen-bond donors (Lipinski definition) is 1. The van der Waals surface area contributed by atoms with Crippen LogP contribution < -0.4 is 5.32 Å². The molecule has 0 saturated carbocycles. The van der Waals surface area contributed by atoms with Crippen LogP contribution in [0.1, 0.15) is 4.88 Å². The summed E-state index contributed by atoms with van der Waals surface area (Å²) in [4.78, 5) is 13.0. The van der Waals surface area contributed by atoms with E-state index in [4.69, 9.17) is 0 Å².